The molecule has 0 aromatic heterocycles. The van der Waals surface area contributed by atoms with Gasteiger partial charge in [-0.2, -0.15) is 0 Å². The number of carbonyl (C=O) groups is 3. The molecule has 22 heavy (non-hydrogen) atoms. The van der Waals surface area contributed by atoms with Crippen molar-refractivity contribution in [3.8, 4) is 0 Å². The Balaban J connectivity index is 2.08. The SMILES string of the molecule is CC(C)CCNC(=O)C[C@@H](C)CCNC(=O)[C@H]1O[C@@H]1C(=O)O. The van der Waals surface area contributed by atoms with Crippen LogP contribution < -0.4 is 10.6 Å². The monoisotopic (exact) mass is 314 g/mol. The Morgan fingerprint density at radius 2 is 1.68 bits per heavy atom. The van der Waals surface area contributed by atoms with Crippen molar-refractivity contribution < 1.29 is 24.2 Å². The third-order valence-electron chi connectivity index (χ3n) is 3.51. The first-order chi connectivity index (χ1) is 10.3. The van der Waals surface area contributed by atoms with Gasteiger partial charge in [-0.05, 0) is 24.7 Å². The van der Waals surface area contributed by atoms with Crippen molar-refractivity contribution in [2.75, 3.05) is 13.1 Å². The van der Waals surface area contributed by atoms with Crippen LogP contribution in [0.1, 0.15) is 40.0 Å². The van der Waals surface area contributed by atoms with Crippen LogP contribution in [0.25, 0.3) is 0 Å². The maximum atomic E-state index is 11.7. The molecular weight excluding hydrogens is 288 g/mol. The average Bonchev–Trinajstić information content (AvgIpc) is 3.18. The minimum absolute atomic E-state index is 0.0240. The molecule has 0 unspecified atom stereocenters. The zero-order chi connectivity index (χ0) is 16.7. The molecule has 1 rings (SSSR count). The standard InChI is InChI=1S/C15H26N2O5/c1-9(2)4-6-16-11(18)8-10(3)5-7-17-14(19)12-13(22-12)15(20)21/h9-10,12-13H,4-8H2,1-3H3,(H,16,18)(H,17,19)(H,20,21)/t10-,12-,13-/m0/s1. The van der Waals surface area contributed by atoms with E-state index in [1.54, 1.807) is 0 Å². The highest BCUT2D eigenvalue weighted by Crippen LogP contribution is 2.22. The Kier molecular flexibility index (Phi) is 7.31. The summed E-state index contributed by atoms with van der Waals surface area (Å²) in [7, 11) is 0. The van der Waals surface area contributed by atoms with Crippen molar-refractivity contribution in [2.24, 2.45) is 11.8 Å². The maximum Gasteiger partial charge on any atom is 0.336 e. The number of nitrogens with one attached hydrogen (secondary N) is 2. The first-order valence-corrected chi connectivity index (χ1v) is 7.74. The minimum Gasteiger partial charge on any atom is -0.479 e. The molecule has 1 heterocycles. The molecule has 1 aliphatic rings. The largest absolute Gasteiger partial charge is 0.479 e. The van der Waals surface area contributed by atoms with E-state index >= 15 is 0 Å². The van der Waals surface area contributed by atoms with Gasteiger partial charge in [-0.25, -0.2) is 4.79 Å². The van der Waals surface area contributed by atoms with Crippen LogP contribution in [0.15, 0.2) is 0 Å². The van der Waals surface area contributed by atoms with Crippen molar-refractivity contribution in [2.45, 2.75) is 52.2 Å². The van der Waals surface area contributed by atoms with E-state index in [0.717, 1.165) is 6.42 Å². The van der Waals surface area contributed by atoms with Crippen LogP contribution in [0, 0.1) is 11.8 Å². The highest BCUT2D eigenvalue weighted by Gasteiger charge is 2.50. The highest BCUT2D eigenvalue weighted by molar-refractivity contribution is 5.92. The molecule has 0 aromatic carbocycles. The van der Waals surface area contributed by atoms with E-state index in [4.69, 9.17) is 9.84 Å². The number of hydrogen-bond donors (Lipinski definition) is 3. The summed E-state index contributed by atoms with van der Waals surface area (Å²) in [5.41, 5.74) is 0. The summed E-state index contributed by atoms with van der Waals surface area (Å²) < 4.78 is 4.75. The zero-order valence-corrected chi connectivity index (χ0v) is 13.4. The Bertz CT molecular complexity index is 411. The summed E-state index contributed by atoms with van der Waals surface area (Å²) in [5.74, 6) is -0.787. The van der Waals surface area contributed by atoms with Crippen LogP contribution in [-0.4, -0.2) is 48.2 Å². The van der Waals surface area contributed by atoms with Gasteiger partial charge in [0.05, 0.1) is 0 Å². The van der Waals surface area contributed by atoms with E-state index in [2.05, 4.69) is 24.5 Å². The van der Waals surface area contributed by atoms with Crippen molar-refractivity contribution >= 4 is 17.8 Å². The van der Waals surface area contributed by atoms with Gasteiger partial charge >= 0.3 is 5.97 Å². The van der Waals surface area contributed by atoms with Gasteiger partial charge in [0.1, 0.15) is 0 Å². The summed E-state index contributed by atoms with van der Waals surface area (Å²) >= 11 is 0. The first-order valence-electron chi connectivity index (χ1n) is 7.74. The van der Waals surface area contributed by atoms with Crippen molar-refractivity contribution in [3.05, 3.63) is 0 Å². The molecule has 126 valence electrons. The molecular formula is C15H26N2O5. The summed E-state index contributed by atoms with van der Waals surface area (Å²) in [6, 6.07) is 0. The zero-order valence-electron chi connectivity index (χ0n) is 13.4. The lowest BCUT2D eigenvalue weighted by molar-refractivity contribution is -0.138. The molecule has 7 nitrogen and oxygen atoms in total. The van der Waals surface area contributed by atoms with Gasteiger partial charge in [0, 0.05) is 19.5 Å². The van der Waals surface area contributed by atoms with Crippen molar-refractivity contribution in [1.29, 1.82) is 0 Å². The van der Waals surface area contributed by atoms with Gasteiger partial charge < -0.3 is 20.5 Å². The maximum absolute atomic E-state index is 11.7. The summed E-state index contributed by atoms with van der Waals surface area (Å²) in [5, 5.41) is 14.2. The molecule has 0 saturated carbocycles. The lowest BCUT2D eigenvalue weighted by Crippen LogP contribution is -2.32. The number of ether oxygens (including phenoxy) is 1. The van der Waals surface area contributed by atoms with Crippen LogP contribution >= 0.6 is 0 Å². The van der Waals surface area contributed by atoms with Gasteiger partial charge in [-0.3, -0.25) is 9.59 Å². The molecule has 2 amide bonds. The number of carbonyl (C=O) groups excluding carboxylic acids is 2. The normalized spacial score (nSPS) is 21.3. The van der Waals surface area contributed by atoms with Gasteiger partial charge in [-0.1, -0.05) is 20.8 Å². The van der Waals surface area contributed by atoms with E-state index in [1.807, 2.05) is 6.92 Å². The quantitative estimate of drug-likeness (QED) is 0.510. The second-order valence-electron chi connectivity index (χ2n) is 6.24. The van der Waals surface area contributed by atoms with E-state index in [0.29, 0.717) is 31.8 Å². The topological polar surface area (TPSA) is 108 Å². The third-order valence-corrected chi connectivity index (χ3v) is 3.51. The number of carboxylic acid groups (broad SMARTS) is 1. The van der Waals surface area contributed by atoms with E-state index < -0.39 is 24.1 Å². The number of amides is 2. The van der Waals surface area contributed by atoms with E-state index in [1.165, 1.54) is 0 Å². The summed E-state index contributed by atoms with van der Waals surface area (Å²) in [4.78, 5) is 33.8. The van der Waals surface area contributed by atoms with Gasteiger partial charge in [0.2, 0.25) is 5.91 Å². The second kappa shape index (κ2) is 8.73. The minimum atomic E-state index is -1.12. The van der Waals surface area contributed by atoms with E-state index in [9.17, 15) is 14.4 Å². The molecule has 7 heteroatoms. The molecule has 1 saturated heterocycles. The molecule has 0 aromatic rings. The smallest absolute Gasteiger partial charge is 0.336 e. The first kappa shape index (κ1) is 18.4. The fourth-order valence-corrected chi connectivity index (χ4v) is 2.03. The fraction of sp³-hybridized carbons (Fsp3) is 0.800. The lowest BCUT2D eigenvalue weighted by atomic mass is 10.0. The predicted octanol–water partition coefficient (Wildman–Crippen LogP) is 0.533. The summed E-state index contributed by atoms with van der Waals surface area (Å²) in [6.45, 7) is 7.26. The molecule has 0 bridgehead atoms. The summed E-state index contributed by atoms with van der Waals surface area (Å²) in [6.07, 6.45) is 0.165. The second-order valence-corrected chi connectivity index (χ2v) is 6.24. The van der Waals surface area contributed by atoms with Gasteiger partial charge in [0.15, 0.2) is 12.2 Å². The Labute approximate surface area is 130 Å². The number of epoxide rings is 1. The van der Waals surface area contributed by atoms with E-state index in [-0.39, 0.29) is 11.8 Å². The van der Waals surface area contributed by atoms with Crippen LogP contribution in [0.5, 0.6) is 0 Å². The number of aliphatic carboxylic acids is 1. The number of rotatable bonds is 10. The molecule has 0 radical (unpaired) electrons. The van der Waals surface area contributed by atoms with Crippen LogP contribution in [0.3, 0.4) is 0 Å². The molecule has 3 atom stereocenters. The molecule has 0 spiro atoms. The van der Waals surface area contributed by atoms with Crippen molar-refractivity contribution in [3.63, 3.8) is 0 Å². The van der Waals surface area contributed by atoms with Gasteiger partial charge in [0.25, 0.3) is 5.91 Å². The Morgan fingerprint density at radius 3 is 2.23 bits per heavy atom. The van der Waals surface area contributed by atoms with Crippen molar-refractivity contribution in [1.82, 2.24) is 10.6 Å². The Hall–Kier alpha value is -1.63. The number of hydrogen-bond acceptors (Lipinski definition) is 4. The highest BCUT2D eigenvalue weighted by atomic mass is 16.6. The molecule has 3 N–H and O–H groups in total. The molecule has 1 fully saturated rings. The predicted molar refractivity (Wildman–Crippen MR) is 80.2 cm³/mol. The fourth-order valence-electron chi connectivity index (χ4n) is 2.03. The lowest BCUT2D eigenvalue weighted by Gasteiger charge is -2.12. The molecule has 0 aliphatic carbocycles. The molecule has 1 aliphatic heterocycles. The van der Waals surface area contributed by atoms with Crippen LogP contribution in [0.4, 0.5) is 0 Å². The Morgan fingerprint density at radius 1 is 1.05 bits per heavy atom. The number of carboxylic acids is 1. The third kappa shape index (κ3) is 6.89. The van der Waals surface area contributed by atoms with Crippen LogP contribution in [-0.2, 0) is 19.1 Å². The van der Waals surface area contributed by atoms with Crippen LogP contribution in [0.2, 0.25) is 0 Å². The average molecular weight is 314 g/mol. The van der Waals surface area contributed by atoms with Gasteiger partial charge in [-0.15, -0.1) is 0 Å².